The fourth-order valence-electron chi connectivity index (χ4n) is 2.82. The van der Waals surface area contributed by atoms with Gasteiger partial charge in [0.1, 0.15) is 0 Å². The third-order valence-corrected chi connectivity index (χ3v) is 6.33. The molecule has 0 saturated carbocycles. The van der Waals surface area contributed by atoms with Gasteiger partial charge in [-0.25, -0.2) is 0 Å². The Morgan fingerprint density at radius 1 is 1.00 bits per heavy atom. The van der Waals surface area contributed by atoms with Crippen LogP contribution in [0.3, 0.4) is 0 Å². The van der Waals surface area contributed by atoms with Gasteiger partial charge < -0.3 is 4.98 Å². The normalized spacial score (nSPS) is 13.0. The highest BCUT2D eigenvalue weighted by molar-refractivity contribution is 9.09. The Balaban J connectivity index is 1.90. The van der Waals surface area contributed by atoms with Crippen molar-refractivity contribution in [2.45, 2.75) is 11.8 Å². The molecule has 4 rings (SSSR count). The van der Waals surface area contributed by atoms with E-state index in [1.807, 2.05) is 11.3 Å². The maximum atomic E-state index is 3.86. The van der Waals surface area contributed by atoms with Gasteiger partial charge in [0.15, 0.2) is 0 Å². The number of nitrogens with one attached hydrogen (secondary N) is 1. The third-order valence-electron chi connectivity index (χ3n) is 3.95. The highest BCUT2D eigenvalue weighted by Crippen LogP contribution is 2.38. The fraction of sp³-hybridized carbons (Fsp3) is 0.111. The molecule has 0 radical (unpaired) electrons. The van der Waals surface area contributed by atoms with Crippen molar-refractivity contribution in [2.24, 2.45) is 0 Å². The SMILES string of the molecule is Cc1ccsc1C(Br)c1ccc2[nH]c3ccccc3c2c1. The zero-order chi connectivity index (χ0) is 14.4. The van der Waals surface area contributed by atoms with Crippen LogP contribution in [-0.4, -0.2) is 4.98 Å². The third kappa shape index (κ3) is 2.12. The summed E-state index contributed by atoms with van der Waals surface area (Å²) in [6.45, 7) is 2.17. The lowest BCUT2D eigenvalue weighted by Gasteiger charge is -2.10. The maximum absolute atomic E-state index is 3.86. The molecular formula is C18H14BrNS. The van der Waals surface area contributed by atoms with Crippen LogP contribution in [0.5, 0.6) is 0 Å². The monoisotopic (exact) mass is 355 g/mol. The Hall–Kier alpha value is -1.58. The second-order valence-electron chi connectivity index (χ2n) is 5.31. The minimum atomic E-state index is 0.260. The summed E-state index contributed by atoms with van der Waals surface area (Å²) in [6.07, 6.45) is 0. The lowest BCUT2D eigenvalue weighted by Crippen LogP contribution is -1.91. The Morgan fingerprint density at radius 2 is 1.81 bits per heavy atom. The Kier molecular flexibility index (Phi) is 3.12. The van der Waals surface area contributed by atoms with Crippen LogP contribution < -0.4 is 0 Å². The molecule has 0 aliphatic carbocycles. The number of aryl methyl sites for hydroxylation is 1. The molecule has 2 heterocycles. The number of alkyl halides is 1. The molecule has 2 aromatic heterocycles. The van der Waals surface area contributed by atoms with Crippen molar-refractivity contribution >= 4 is 49.1 Å². The molecule has 2 aromatic carbocycles. The van der Waals surface area contributed by atoms with Crippen LogP contribution >= 0.6 is 27.3 Å². The zero-order valence-corrected chi connectivity index (χ0v) is 14.0. The number of fused-ring (bicyclic) bond motifs is 3. The van der Waals surface area contributed by atoms with E-state index in [0.717, 1.165) is 0 Å². The summed E-state index contributed by atoms with van der Waals surface area (Å²) in [5.41, 5.74) is 5.05. The number of halogens is 1. The smallest absolute Gasteiger partial charge is 0.0740 e. The number of rotatable bonds is 2. The predicted octanol–water partition coefficient (Wildman–Crippen LogP) is 6.18. The van der Waals surface area contributed by atoms with Crippen LogP contribution in [0.25, 0.3) is 21.8 Å². The molecule has 0 amide bonds. The summed E-state index contributed by atoms with van der Waals surface area (Å²) in [5.74, 6) is 0. The highest BCUT2D eigenvalue weighted by atomic mass is 79.9. The van der Waals surface area contributed by atoms with Crippen molar-refractivity contribution in [1.29, 1.82) is 0 Å². The summed E-state index contributed by atoms with van der Waals surface area (Å²) in [6, 6.07) is 17.3. The Bertz CT molecular complexity index is 935. The van der Waals surface area contributed by atoms with E-state index in [9.17, 15) is 0 Å². The highest BCUT2D eigenvalue weighted by Gasteiger charge is 2.15. The van der Waals surface area contributed by atoms with Gasteiger partial charge in [-0.05, 0) is 47.7 Å². The summed E-state index contributed by atoms with van der Waals surface area (Å²) in [7, 11) is 0. The van der Waals surface area contributed by atoms with Crippen molar-refractivity contribution in [3.05, 3.63) is 69.9 Å². The Labute approximate surface area is 135 Å². The fourth-order valence-corrected chi connectivity index (χ4v) is 4.72. The van der Waals surface area contributed by atoms with Crippen LogP contribution in [0.1, 0.15) is 20.8 Å². The first-order valence-electron chi connectivity index (χ1n) is 6.92. The largest absolute Gasteiger partial charge is 0.355 e. The number of thiophene rings is 1. The van der Waals surface area contributed by atoms with Gasteiger partial charge >= 0.3 is 0 Å². The molecule has 0 saturated heterocycles. The molecule has 3 heteroatoms. The molecular weight excluding hydrogens is 342 g/mol. The van der Waals surface area contributed by atoms with Gasteiger partial charge in [0.25, 0.3) is 0 Å². The number of para-hydroxylation sites is 1. The first-order chi connectivity index (χ1) is 10.2. The molecule has 0 aliphatic heterocycles. The first kappa shape index (κ1) is 13.1. The number of H-pyrrole nitrogens is 1. The van der Waals surface area contributed by atoms with Gasteiger partial charge in [0.2, 0.25) is 0 Å². The molecule has 21 heavy (non-hydrogen) atoms. The lowest BCUT2D eigenvalue weighted by molar-refractivity contribution is 1.20. The van der Waals surface area contributed by atoms with E-state index in [0.29, 0.717) is 0 Å². The number of aromatic nitrogens is 1. The Morgan fingerprint density at radius 3 is 2.62 bits per heavy atom. The van der Waals surface area contributed by atoms with Crippen LogP contribution in [0.2, 0.25) is 0 Å². The van der Waals surface area contributed by atoms with Crippen molar-refractivity contribution in [3.8, 4) is 0 Å². The maximum Gasteiger partial charge on any atom is 0.0740 e. The molecule has 0 fully saturated rings. The second kappa shape index (κ2) is 5.00. The van der Waals surface area contributed by atoms with Gasteiger partial charge in [0.05, 0.1) is 4.83 Å². The van der Waals surface area contributed by atoms with Gasteiger partial charge in [-0.15, -0.1) is 11.3 Å². The quantitative estimate of drug-likeness (QED) is 0.413. The molecule has 0 aliphatic rings. The van der Waals surface area contributed by atoms with Crippen LogP contribution in [-0.2, 0) is 0 Å². The van der Waals surface area contributed by atoms with Crippen molar-refractivity contribution < 1.29 is 0 Å². The molecule has 104 valence electrons. The molecule has 1 nitrogen and oxygen atoms in total. The molecule has 1 atom stereocenters. The molecule has 1 N–H and O–H groups in total. The number of hydrogen-bond acceptors (Lipinski definition) is 1. The van der Waals surface area contributed by atoms with Crippen molar-refractivity contribution in [3.63, 3.8) is 0 Å². The first-order valence-corrected chi connectivity index (χ1v) is 8.72. The van der Waals surface area contributed by atoms with Gasteiger partial charge in [-0.3, -0.25) is 0 Å². The van der Waals surface area contributed by atoms with E-state index in [1.165, 1.54) is 37.8 Å². The lowest BCUT2D eigenvalue weighted by atomic mass is 10.1. The van der Waals surface area contributed by atoms with Gasteiger partial charge in [0, 0.05) is 26.7 Å². The van der Waals surface area contributed by atoms with Crippen LogP contribution in [0.15, 0.2) is 53.9 Å². The molecule has 1 unspecified atom stereocenters. The van der Waals surface area contributed by atoms with E-state index in [4.69, 9.17) is 0 Å². The van der Waals surface area contributed by atoms with E-state index >= 15 is 0 Å². The number of aromatic amines is 1. The summed E-state index contributed by atoms with van der Waals surface area (Å²) < 4.78 is 0. The van der Waals surface area contributed by atoms with E-state index in [-0.39, 0.29) is 4.83 Å². The van der Waals surface area contributed by atoms with E-state index in [2.05, 4.69) is 81.7 Å². The van der Waals surface area contributed by atoms with Gasteiger partial charge in [-0.1, -0.05) is 40.2 Å². The van der Waals surface area contributed by atoms with E-state index < -0.39 is 0 Å². The minimum absolute atomic E-state index is 0.260. The predicted molar refractivity (Wildman–Crippen MR) is 95.6 cm³/mol. The average Bonchev–Trinajstić information content (AvgIpc) is 3.09. The van der Waals surface area contributed by atoms with Crippen molar-refractivity contribution in [1.82, 2.24) is 4.98 Å². The summed E-state index contributed by atoms with van der Waals surface area (Å²) in [4.78, 5) is 5.12. The topological polar surface area (TPSA) is 15.8 Å². The minimum Gasteiger partial charge on any atom is -0.355 e. The standard InChI is InChI=1S/C18H14BrNS/c1-11-8-9-21-18(11)17(19)12-6-7-16-14(10-12)13-4-2-3-5-15(13)20-16/h2-10,17,20H,1H3. The number of hydrogen-bond donors (Lipinski definition) is 1. The molecule has 4 aromatic rings. The summed E-state index contributed by atoms with van der Waals surface area (Å²) >= 11 is 5.67. The second-order valence-corrected chi connectivity index (χ2v) is 7.17. The van der Waals surface area contributed by atoms with Crippen LogP contribution in [0, 0.1) is 6.92 Å². The average molecular weight is 356 g/mol. The van der Waals surface area contributed by atoms with Gasteiger partial charge in [-0.2, -0.15) is 0 Å². The molecule has 0 spiro atoms. The van der Waals surface area contributed by atoms with Crippen molar-refractivity contribution in [2.75, 3.05) is 0 Å². The van der Waals surface area contributed by atoms with Crippen LogP contribution in [0.4, 0.5) is 0 Å². The van der Waals surface area contributed by atoms with E-state index in [1.54, 1.807) is 0 Å². The number of benzene rings is 2. The summed E-state index contributed by atoms with van der Waals surface area (Å²) in [5, 5.41) is 4.74. The zero-order valence-electron chi connectivity index (χ0n) is 11.6. The molecule has 0 bridgehead atoms.